The zero-order chi connectivity index (χ0) is 18.8. The molecule has 0 spiro atoms. The number of nitrogens with one attached hydrogen (secondary N) is 2. The van der Waals surface area contributed by atoms with Crippen LogP contribution in [0, 0.1) is 0 Å². The van der Waals surface area contributed by atoms with Gasteiger partial charge in [-0.2, -0.15) is 0 Å². The van der Waals surface area contributed by atoms with Gasteiger partial charge in [0.05, 0.1) is 17.7 Å². The van der Waals surface area contributed by atoms with Gasteiger partial charge in [-0.05, 0) is 41.5 Å². The molecule has 27 heavy (non-hydrogen) atoms. The number of benzene rings is 2. The van der Waals surface area contributed by atoms with Gasteiger partial charge in [-0.1, -0.05) is 41.9 Å². The van der Waals surface area contributed by atoms with E-state index < -0.39 is 6.10 Å². The van der Waals surface area contributed by atoms with Gasteiger partial charge in [-0.15, -0.1) is 0 Å². The standard InChI is InChI=1S/C21H18ClN3O2/c22-15-5-3-6-16(11-15)24-21(27)14-8-9-19(23-12-14)25-20-17-7-2-1-4-13(17)10-18(20)26/h1-9,11-12,18,20,26H,10H2,(H,23,25)(H,24,27)/t18-,20+/m1/s1. The Labute approximate surface area is 162 Å². The minimum absolute atomic E-state index is 0.208. The number of carbonyl (C=O) groups is 1. The monoisotopic (exact) mass is 379 g/mol. The van der Waals surface area contributed by atoms with Crippen LogP contribution in [-0.4, -0.2) is 22.1 Å². The Balaban J connectivity index is 1.45. The van der Waals surface area contributed by atoms with Crippen molar-refractivity contribution in [2.24, 2.45) is 0 Å². The molecule has 1 aliphatic rings. The van der Waals surface area contributed by atoms with Crippen LogP contribution in [0.25, 0.3) is 0 Å². The van der Waals surface area contributed by atoms with Gasteiger partial charge in [0.25, 0.3) is 5.91 Å². The highest BCUT2D eigenvalue weighted by molar-refractivity contribution is 6.30. The molecule has 0 fully saturated rings. The van der Waals surface area contributed by atoms with Crippen LogP contribution < -0.4 is 10.6 Å². The summed E-state index contributed by atoms with van der Waals surface area (Å²) in [5.41, 5.74) is 3.28. The van der Waals surface area contributed by atoms with E-state index in [0.717, 1.165) is 11.1 Å². The summed E-state index contributed by atoms with van der Waals surface area (Å²) in [6.45, 7) is 0. The summed E-state index contributed by atoms with van der Waals surface area (Å²) in [6.07, 6.45) is 1.62. The van der Waals surface area contributed by atoms with E-state index in [1.165, 1.54) is 6.20 Å². The first-order valence-corrected chi connectivity index (χ1v) is 9.03. The van der Waals surface area contributed by atoms with Crippen molar-refractivity contribution in [3.8, 4) is 0 Å². The fraction of sp³-hybridized carbons (Fsp3) is 0.143. The predicted molar refractivity (Wildman–Crippen MR) is 106 cm³/mol. The number of aromatic nitrogens is 1. The second kappa shape index (κ2) is 7.39. The third-order valence-corrected chi connectivity index (χ3v) is 4.85. The molecule has 2 atom stereocenters. The van der Waals surface area contributed by atoms with Gasteiger partial charge in [0.1, 0.15) is 5.82 Å². The van der Waals surface area contributed by atoms with Gasteiger partial charge in [-0.25, -0.2) is 4.98 Å². The van der Waals surface area contributed by atoms with Crippen LogP contribution in [0.15, 0.2) is 66.9 Å². The van der Waals surface area contributed by atoms with Gasteiger partial charge in [0, 0.05) is 23.3 Å². The number of aliphatic hydroxyl groups excluding tert-OH is 1. The molecule has 0 bridgehead atoms. The second-order valence-electron chi connectivity index (χ2n) is 6.49. The summed E-state index contributed by atoms with van der Waals surface area (Å²) in [6, 6.07) is 18.2. The lowest BCUT2D eigenvalue weighted by atomic mass is 10.1. The smallest absolute Gasteiger partial charge is 0.257 e. The van der Waals surface area contributed by atoms with Crippen molar-refractivity contribution in [2.45, 2.75) is 18.6 Å². The minimum atomic E-state index is -0.505. The summed E-state index contributed by atoms with van der Waals surface area (Å²) < 4.78 is 0. The minimum Gasteiger partial charge on any atom is -0.390 e. The summed E-state index contributed by atoms with van der Waals surface area (Å²) in [4.78, 5) is 16.7. The Morgan fingerprint density at radius 1 is 1.11 bits per heavy atom. The SMILES string of the molecule is O=C(Nc1cccc(Cl)c1)c1ccc(N[C@H]2c3ccccc3C[C@H]2O)nc1. The third-order valence-electron chi connectivity index (χ3n) is 4.62. The number of fused-ring (bicyclic) bond motifs is 1. The van der Waals surface area contributed by atoms with Crippen molar-refractivity contribution in [3.63, 3.8) is 0 Å². The van der Waals surface area contributed by atoms with Crippen LogP contribution >= 0.6 is 11.6 Å². The molecule has 1 aromatic heterocycles. The molecule has 0 saturated heterocycles. The normalized spacial score (nSPS) is 18.0. The second-order valence-corrected chi connectivity index (χ2v) is 6.93. The van der Waals surface area contributed by atoms with Gasteiger partial charge in [-0.3, -0.25) is 4.79 Å². The molecule has 0 saturated carbocycles. The summed E-state index contributed by atoms with van der Waals surface area (Å²) in [5, 5.41) is 16.9. The van der Waals surface area contributed by atoms with Crippen molar-refractivity contribution in [3.05, 3.63) is 88.6 Å². The van der Waals surface area contributed by atoms with Crippen LogP contribution in [0.1, 0.15) is 27.5 Å². The number of rotatable bonds is 4. The van der Waals surface area contributed by atoms with Crippen molar-refractivity contribution in [1.29, 1.82) is 0 Å². The molecule has 1 heterocycles. The molecule has 0 aliphatic heterocycles. The van der Waals surface area contributed by atoms with Gasteiger partial charge < -0.3 is 15.7 Å². The molecule has 1 amide bonds. The highest BCUT2D eigenvalue weighted by Crippen LogP contribution is 2.33. The number of aliphatic hydroxyl groups is 1. The van der Waals surface area contributed by atoms with E-state index in [-0.39, 0.29) is 11.9 Å². The number of pyridine rings is 1. The Morgan fingerprint density at radius 2 is 1.96 bits per heavy atom. The molecular formula is C21H18ClN3O2. The fourth-order valence-electron chi connectivity index (χ4n) is 3.29. The molecule has 5 nitrogen and oxygen atoms in total. The van der Waals surface area contributed by atoms with E-state index >= 15 is 0 Å². The summed E-state index contributed by atoms with van der Waals surface area (Å²) in [7, 11) is 0. The summed E-state index contributed by atoms with van der Waals surface area (Å²) in [5.74, 6) is 0.345. The summed E-state index contributed by atoms with van der Waals surface area (Å²) >= 11 is 5.93. The zero-order valence-electron chi connectivity index (χ0n) is 14.4. The van der Waals surface area contributed by atoms with Crippen LogP contribution in [0.3, 0.4) is 0 Å². The number of hydrogen-bond donors (Lipinski definition) is 3. The Kier molecular flexibility index (Phi) is 4.79. The van der Waals surface area contributed by atoms with Crippen LogP contribution in [0.2, 0.25) is 5.02 Å². The van der Waals surface area contributed by atoms with E-state index in [4.69, 9.17) is 11.6 Å². The number of anilines is 2. The lowest BCUT2D eigenvalue weighted by Gasteiger charge is -2.18. The Bertz CT molecular complexity index is 975. The quantitative estimate of drug-likeness (QED) is 0.639. The lowest BCUT2D eigenvalue weighted by molar-refractivity contribution is 0.102. The van der Waals surface area contributed by atoms with E-state index in [0.29, 0.717) is 28.5 Å². The molecule has 3 aromatic rings. The molecular weight excluding hydrogens is 362 g/mol. The number of amides is 1. The molecule has 2 aromatic carbocycles. The predicted octanol–water partition coefficient (Wildman–Crippen LogP) is 4.06. The van der Waals surface area contributed by atoms with Gasteiger partial charge in [0.15, 0.2) is 0 Å². The Morgan fingerprint density at radius 3 is 2.74 bits per heavy atom. The molecule has 6 heteroatoms. The zero-order valence-corrected chi connectivity index (χ0v) is 15.1. The molecule has 0 radical (unpaired) electrons. The average molecular weight is 380 g/mol. The highest BCUT2D eigenvalue weighted by atomic mass is 35.5. The van der Waals surface area contributed by atoms with Crippen LogP contribution in [0.5, 0.6) is 0 Å². The highest BCUT2D eigenvalue weighted by Gasteiger charge is 2.30. The maximum atomic E-state index is 12.3. The van der Waals surface area contributed by atoms with Gasteiger partial charge >= 0.3 is 0 Å². The third kappa shape index (κ3) is 3.79. The number of halogens is 1. The molecule has 0 unspecified atom stereocenters. The van der Waals surface area contributed by atoms with E-state index in [9.17, 15) is 9.90 Å². The van der Waals surface area contributed by atoms with Crippen molar-refractivity contribution < 1.29 is 9.90 Å². The van der Waals surface area contributed by atoms with Crippen LogP contribution in [-0.2, 0) is 6.42 Å². The fourth-order valence-corrected chi connectivity index (χ4v) is 3.48. The average Bonchev–Trinajstić information content (AvgIpc) is 2.98. The van der Waals surface area contributed by atoms with Crippen molar-refractivity contribution >= 4 is 29.0 Å². The molecule has 4 rings (SSSR count). The van der Waals surface area contributed by atoms with E-state index in [1.54, 1.807) is 36.4 Å². The Hall–Kier alpha value is -2.89. The first-order valence-electron chi connectivity index (χ1n) is 8.65. The molecule has 1 aliphatic carbocycles. The van der Waals surface area contributed by atoms with Crippen molar-refractivity contribution in [1.82, 2.24) is 4.98 Å². The van der Waals surface area contributed by atoms with E-state index in [1.807, 2.05) is 24.3 Å². The van der Waals surface area contributed by atoms with Crippen molar-refractivity contribution in [2.75, 3.05) is 10.6 Å². The maximum Gasteiger partial charge on any atom is 0.257 e. The van der Waals surface area contributed by atoms with Crippen LogP contribution in [0.4, 0.5) is 11.5 Å². The first kappa shape index (κ1) is 17.5. The number of carbonyl (C=O) groups excluding carboxylic acids is 1. The molecule has 3 N–H and O–H groups in total. The van der Waals surface area contributed by atoms with E-state index in [2.05, 4.69) is 15.6 Å². The largest absolute Gasteiger partial charge is 0.390 e. The number of nitrogens with zero attached hydrogens (tertiary/aromatic N) is 1. The molecule has 136 valence electrons. The first-order chi connectivity index (χ1) is 13.1. The number of hydrogen-bond acceptors (Lipinski definition) is 4. The van der Waals surface area contributed by atoms with Gasteiger partial charge in [0.2, 0.25) is 0 Å². The lowest BCUT2D eigenvalue weighted by Crippen LogP contribution is -2.21. The maximum absolute atomic E-state index is 12.3. The topological polar surface area (TPSA) is 74.2 Å².